The number of imidazole rings is 1. The van der Waals surface area contributed by atoms with Crippen molar-refractivity contribution in [2.24, 2.45) is 7.05 Å². The summed E-state index contributed by atoms with van der Waals surface area (Å²) in [5.41, 5.74) is 0. The molecule has 1 atom stereocenters. The smallest absolute Gasteiger partial charge is 0.385 e. The molecule has 80 valence electrons. The molecule has 0 saturated carbocycles. The summed E-state index contributed by atoms with van der Waals surface area (Å²) in [7, 11) is 1.62. The van der Waals surface area contributed by atoms with Crippen molar-refractivity contribution >= 4 is 0 Å². The highest BCUT2D eigenvalue weighted by molar-refractivity contribution is 4.95. The lowest BCUT2D eigenvalue weighted by molar-refractivity contribution is -0.140. The molecule has 1 rings (SSSR count). The van der Waals surface area contributed by atoms with Gasteiger partial charge >= 0.3 is 6.18 Å². The van der Waals surface area contributed by atoms with Crippen molar-refractivity contribution in [3.05, 3.63) is 18.2 Å². The minimum atomic E-state index is -4.23. The number of alkyl halides is 3. The second kappa shape index (κ2) is 4.00. The fourth-order valence-electron chi connectivity index (χ4n) is 1.13. The molecule has 1 aromatic heterocycles. The van der Waals surface area contributed by atoms with E-state index in [0.717, 1.165) is 0 Å². The fourth-order valence-corrected chi connectivity index (χ4v) is 1.13. The van der Waals surface area contributed by atoms with Gasteiger partial charge < -0.3 is 9.67 Å². The molecular weight excluding hydrogens is 197 g/mol. The van der Waals surface area contributed by atoms with Crippen molar-refractivity contribution in [1.82, 2.24) is 9.55 Å². The summed E-state index contributed by atoms with van der Waals surface area (Å²) in [6.07, 6.45) is -3.73. The molecule has 1 aromatic rings. The number of halogens is 3. The Balaban J connectivity index is 2.51. The van der Waals surface area contributed by atoms with Crippen LogP contribution in [0.2, 0.25) is 0 Å². The number of hydrogen-bond donors (Lipinski definition) is 1. The van der Waals surface area contributed by atoms with Crippen molar-refractivity contribution in [3.63, 3.8) is 0 Å². The summed E-state index contributed by atoms with van der Waals surface area (Å²) in [5, 5.41) is 9.37. The molecule has 0 radical (unpaired) electrons. The van der Waals surface area contributed by atoms with Crippen LogP contribution in [-0.2, 0) is 7.05 Å². The Hall–Kier alpha value is -1.04. The minimum absolute atomic E-state index is 0.259. The first-order valence-electron chi connectivity index (χ1n) is 4.12. The largest absolute Gasteiger partial charge is 0.389 e. The highest BCUT2D eigenvalue weighted by Crippen LogP contribution is 2.26. The predicted molar refractivity (Wildman–Crippen MR) is 43.5 cm³/mol. The average Bonchev–Trinajstić information content (AvgIpc) is 2.46. The summed E-state index contributed by atoms with van der Waals surface area (Å²) < 4.78 is 37.0. The van der Waals surface area contributed by atoms with E-state index < -0.39 is 18.7 Å². The van der Waals surface area contributed by atoms with Crippen molar-refractivity contribution in [3.8, 4) is 0 Å². The maximum absolute atomic E-state index is 11.8. The van der Waals surface area contributed by atoms with E-state index in [1.807, 2.05) is 0 Å². The van der Waals surface area contributed by atoms with Gasteiger partial charge in [0.25, 0.3) is 0 Å². The van der Waals surface area contributed by atoms with Crippen molar-refractivity contribution in [2.45, 2.75) is 25.1 Å². The molecule has 1 N–H and O–H groups in total. The van der Waals surface area contributed by atoms with Gasteiger partial charge in [-0.05, 0) is 6.42 Å². The topological polar surface area (TPSA) is 38.0 Å². The molecule has 0 bridgehead atoms. The Labute approximate surface area is 79.2 Å². The van der Waals surface area contributed by atoms with Gasteiger partial charge in [0.05, 0.1) is 0 Å². The van der Waals surface area contributed by atoms with E-state index in [9.17, 15) is 18.3 Å². The third-order valence-corrected chi connectivity index (χ3v) is 1.86. The quantitative estimate of drug-likeness (QED) is 0.822. The van der Waals surface area contributed by atoms with Gasteiger partial charge in [0.15, 0.2) is 0 Å². The van der Waals surface area contributed by atoms with Crippen LogP contribution in [0.25, 0.3) is 0 Å². The van der Waals surface area contributed by atoms with Crippen LogP contribution in [0.5, 0.6) is 0 Å². The number of nitrogens with zero attached hydrogens (tertiary/aromatic N) is 2. The molecule has 0 saturated heterocycles. The van der Waals surface area contributed by atoms with Gasteiger partial charge in [-0.1, -0.05) is 0 Å². The van der Waals surface area contributed by atoms with Crippen LogP contribution in [0.15, 0.2) is 12.4 Å². The number of aliphatic hydroxyl groups excluding tert-OH is 1. The molecule has 0 aliphatic carbocycles. The average molecular weight is 208 g/mol. The number of aliphatic hydroxyl groups is 1. The van der Waals surface area contributed by atoms with Gasteiger partial charge in [0.2, 0.25) is 0 Å². The van der Waals surface area contributed by atoms with Gasteiger partial charge in [-0.2, -0.15) is 13.2 Å². The van der Waals surface area contributed by atoms with E-state index in [1.54, 1.807) is 13.2 Å². The highest BCUT2D eigenvalue weighted by atomic mass is 19.4. The van der Waals surface area contributed by atoms with E-state index in [2.05, 4.69) is 4.98 Å². The Morgan fingerprint density at radius 2 is 2.21 bits per heavy atom. The molecule has 0 aliphatic heterocycles. The molecule has 3 nitrogen and oxygen atoms in total. The minimum Gasteiger partial charge on any atom is -0.385 e. The second-order valence-electron chi connectivity index (χ2n) is 3.07. The second-order valence-corrected chi connectivity index (χ2v) is 3.07. The van der Waals surface area contributed by atoms with Crippen LogP contribution >= 0.6 is 0 Å². The third kappa shape index (κ3) is 3.02. The summed E-state index contributed by atoms with van der Waals surface area (Å²) in [6, 6.07) is 0. The normalized spacial score (nSPS) is 14.4. The first-order chi connectivity index (χ1) is 6.40. The highest BCUT2D eigenvalue weighted by Gasteiger charge is 2.28. The number of aryl methyl sites for hydroxylation is 1. The number of rotatable bonds is 3. The molecule has 14 heavy (non-hydrogen) atoms. The van der Waals surface area contributed by atoms with Crippen LogP contribution in [0.4, 0.5) is 13.2 Å². The molecule has 0 fully saturated rings. The summed E-state index contributed by atoms with van der Waals surface area (Å²) in [6.45, 7) is 0. The molecule has 1 heterocycles. The number of hydrogen-bond acceptors (Lipinski definition) is 2. The van der Waals surface area contributed by atoms with Crippen molar-refractivity contribution in [1.29, 1.82) is 0 Å². The lowest BCUT2D eigenvalue weighted by Crippen LogP contribution is -2.12. The standard InChI is InChI=1S/C8H11F3N2O/c1-13-5-4-12-7(13)6(14)2-3-8(9,10)11/h4-6,14H,2-3H2,1H3. The molecule has 6 heteroatoms. The van der Waals surface area contributed by atoms with Crippen LogP contribution in [0, 0.1) is 0 Å². The Morgan fingerprint density at radius 1 is 1.57 bits per heavy atom. The first-order valence-corrected chi connectivity index (χ1v) is 4.12. The molecule has 0 spiro atoms. The molecular formula is C8H11F3N2O. The summed E-state index contributed by atoms with van der Waals surface area (Å²) in [4.78, 5) is 3.76. The van der Waals surface area contributed by atoms with E-state index in [-0.39, 0.29) is 12.2 Å². The summed E-state index contributed by atoms with van der Waals surface area (Å²) in [5.74, 6) is 0.259. The van der Waals surface area contributed by atoms with E-state index in [4.69, 9.17) is 0 Å². The Bertz CT molecular complexity index is 295. The fraction of sp³-hybridized carbons (Fsp3) is 0.625. The SMILES string of the molecule is Cn1ccnc1C(O)CCC(F)(F)F. The Morgan fingerprint density at radius 3 is 2.64 bits per heavy atom. The van der Waals surface area contributed by atoms with Crippen molar-refractivity contribution < 1.29 is 18.3 Å². The van der Waals surface area contributed by atoms with Gasteiger partial charge in [-0.15, -0.1) is 0 Å². The maximum atomic E-state index is 11.8. The first kappa shape index (κ1) is 11.0. The maximum Gasteiger partial charge on any atom is 0.389 e. The van der Waals surface area contributed by atoms with E-state index in [0.29, 0.717) is 0 Å². The lowest BCUT2D eigenvalue weighted by atomic mass is 10.2. The molecule has 0 aliphatic rings. The zero-order valence-electron chi connectivity index (χ0n) is 7.62. The molecule has 0 amide bonds. The predicted octanol–water partition coefficient (Wildman–Crippen LogP) is 1.80. The van der Waals surface area contributed by atoms with E-state index >= 15 is 0 Å². The van der Waals surface area contributed by atoms with Crippen LogP contribution in [-0.4, -0.2) is 20.8 Å². The van der Waals surface area contributed by atoms with Gasteiger partial charge in [-0.25, -0.2) is 4.98 Å². The number of aromatic nitrogens is 2. The Kier molecular flexibility index (Phi) is 3.15. The third-order valence-electron chi connectivity index (χ3n) is 1.86. The zero-order valence-corrected chi connectivity index (χ0v) is 7.62. The molecule has 1 unspecified atom stereocenters. The van der Waals surface area contributed by atoms with Gasteiger partial charge in [0.1, 0.15) is 11.9 Å². The monoisotopic (exact) mass is 208 g/mol. The van der Waals surface area contributed by atoms with E-state index in [1.165, 1.54) is 10.8 Å². The van der Waals surface area contributed by atoms with Gasteiger partial charge in [-0.3, -0.25) is 0 Å². The van der Waals surface area contributed by atoms with Crippen LogP contribution in [0.1, 0.15) is 24.8 Å². The summed E-state index contributed by atoms with van der Waals surface area (Å²) >= 11 is 0. The van der Waals surface area contributed by atoms with Crippen molar-refractivity contribution in [2.75, 3.05) is 0 Å². The zero-order chi connectivity index (χ0) is 10.8. The lowest BCUT2D eigenvalue weighted by Gasteiger charge is -2.11. The van der Waals surface area contributed by atoms with Crippen LogP contribution in [0.3, 0.4) is 0 Å². The van der Waals surface area contributed by atoms with Gasteiger partial charge in [0, 0.05) is 25.9 Å². The molecule has 0 aromatic carbocycles. The van der Waals surface area contributed by atoms with Crippen LogP contribution < -0.4 is 0 Å².